The number of carbonyl (C=O) groups is 1. The molecule has 0 unspecified atom stereocenters. The van der Waals surface area contributed by atoms with Crippen LogP contribution in [0.2, 0.25) is 0 Å². The first kappa shape index (κ1) is 13.9. The molecule has 104 valence electrons. The fraction of sp³-hybridized carbons (Fsp3) is 0.0714. The molecule has 0 aromatic heterocycles. The fourth-order valence-corrected chi connectivity index (χ4v) is 1.65. The molecule has 2 N–H and O–H groups in total. The lowest BCUT2D eigenvalue weighted by molar-refractivity contribution is -0.136. The maximum absolute atomic E-state index is 12.8. The number of para-hydroxylation sites is 2. The highest BCUT2D eigenvalue weighted by molar-refractivity contribution is 6.00. The van der Waals surface area contributed by atoms with Crippen molar-refractivity contribution in [1.82, 2.24) is 0 Å². The zero-order valence-electron chi connectivity index (χ0n) is 10.2. The number of rotatable bonds is 2. The van der Waals surface area contributed by atoms with Gasteiger partial charge in [0.1, 0.15) is 0 Å². The molecule has 0 aliphatic carbocycles. The van der Waals surface area contributed by atoms with Crippen LogP contribution >= 0.6 is 0 Å². The van der Waals surface area contributed by atoms with Gasteiger partial charge < -0.3 is 10.6 Å². The van der Waals surface area contributed by atoms with E-state index in [0.717, 1.165) is 6.07 Å². The van der Waals surface area contributed by atoms with Crippen molar-refractivity contribution in [1.29, 1.82) is 0 Å². The van der Waals surface area contributed by atoms with Crippen LogP contribution in [0.4, 0.5) is 29.3 Å². The van der Waals surface area contributed by atoms with Crippen molar-refractivity contribution in [3.63, 3.8) is 0 Å². The maximum atomic E-state index is 12.8. The zero-order valence-corrected chi connectivity index (χ0v) is 10.2. The van der Waals surface area contributed by atoms with Crippen molar-refractivity contribution in [2.24, 2.45) is 0 Å². The highest BCUT2D eigenvalue weighted by atomic mass is 19.4. The molecule has 0 spiro atoms. The van der Waals surface area contributed by atoms with Gasteiger partial charge in [-0.15, -0.1) is 0 Å². The van der Waals surface area contributed by atoms with Crippen LogP contribution in [0.5, 0.6) is 0 Å². The SMILES string of the molecule is O=C(Nc1ccccc1)Nc1ccccc1C(F)(F)F. The second kappa shape index (κ2) is 5.64. The van der Waals surface area contributed by atoms with Gasteiger partial charge in [-0.1, -0.05) is 30.3 Å². The summed E-state index contributed by atoms with van der Waals surface area (Å²) in [4.78, 5) is 11.7. The van der Waals surface area contributed by atoms with Gasteiger partial charge in [0.25, 0.3) is 0 Å². The van der Waals surface area contributed by atoms with E-state index in [-0.39, 0.29) is 5.69 Å². The average molecular weight is 280 g/mol. The summed E-state index contributed by atoms with van der Waals surface area (Å²) in [7, 11) is 0. The lowest BCUT2D eigenvalue weighted by Crippen LogP contribution is -2.21. The number of benzene rings is 2. The predicted octanol–water partition coefficient (Wildman–Crippen LogP) is 4.35. The van der Waals surface area contributed by atoms with E-state index in [4.69, 9.17) is 0 Å². The molecule has 20 heavy (non-hydrogen) atoms. The number of nitrogens with one attached hydrogen (secondary N) is 2. The Balaban J connectivity index is 2.13. The molecule has 2 aromatic rings. The minimum atomic E-state index is -4.52. The molecule has 0 saturated heterocycles. The molecule has 0 bridgehead atoms. The minimum absolute atomic E-state index is 0.284. The van der Waals surface area contributed by atoms with Crippen LogP contribution in [-0.4, -0.2) is 6.03 Å². The van der Waals surface area contributed by atoms with Crippen LogP contribution in [0, 0.1) is 0 Å². The lowest BCUT2D eigenvalue weighted by Gasteiger charge is -2.14. The summed E-state index contributed by atoms with van der Waals surface area (Å²) in [6.45, 7) is 0. The van der Waals surface area contributed by atoms with E-state index in [9.17, 15) is 18.0 Å². The van der Waals surface area contributed by atoms with Crippen LogP contribution < -0.4 is 10.6 Å². The first-order chi connectivity index (χ1) is 9.47. The standard InChI is InChI=1S/C14H11F3N2O/c15-14(16,17)11-8-4-5-9-12(11)19-13(20)18-10-6-2-1-3-7-10/h1-9H,(H2,18,19,20). The topological polar surface area (TPSA) is 41.1 Å². The van der Waals surface area contributed by atoms with Gasteiger partial charge in [0, 0.05) is 5.69 Å². The molecule has 0 aliphatic rings. The Morgan fingerprint density at radius 1 is 0.850 bits per heavy atom. The molecular weight excluding hydrogens is 269 g/mol. The molecule has 2 amide bonds. The van der Waals surface area contributed by atoms with Crippen molar-refractivity contribution in [3.05, 3.63) is 60.2 Å². The van der Waals surface area contributed by atoms with Crippen molar-refractivity contribution in [2.75, 3.05) is 10.6 Å². The molecular formula is C14H11F3N2O. The van der Waals surface area contributed by atoms with E-state index < -0.39 is 17.8 Å². The molecule has 0 fully saturated rings. The molecule has 0 heterocycles. The number of hydrogen-bond donors (Lipinski definition) is 2. The molecule has 3 nitrogen and oxygen atoms in total. The maximum Gasteiger partial charge on any atom is 0.418 e. The van der Waals surface area contributed by atoms with Crippen molar-refractivity contribution in [2.45, 2.75) is 6.18 Å². The fourth-order valence-electron chi connectivity index (χ4n) is 1.65. The normalized spacial score (nSPS) is 10.9. The van der Waals surface area contributed by atoms with E-state index in [1.54, 1.807) is 30.3 Å². The van der Waals surface area contributed by atoms with Gasteiger partial charge in [-0.2, -0.15) is 13.2 Å². The molecule has 0 radical (unpaired) electrons. The molecule has 0 saturated carbocycles. The Kier molecular flexibility index (Phi) is 3.93. The number of halogens is 3. The lowest BCUT2D eigenvalue weighted by atomic mass is 10.1. The van der Waals surface area contributed by atoms with Gasteiger partial charge in [0.15, 0.2) is 0 Å². The number of alkyl halides is 3. The Morgan fingerprint density at radius 2 is 1.45 bits per heavy atom. The van der Waals surface area contributed by atoms with Crippen LogP contribution in [-0.2, 0) is 6.18 Å². The van der Waals surface area contributed by atoms with Gasteiger partial charge in [0.05, 0.1) is 11.3 Å². The number of anilines is 2. The summed E-state index contributed by atoms with van der Waals surface area (Å²) < 4.78 is 38.3. The second-order valence-corrected chi connectivity index (χ2v) is 3.99. The number of carbonyl (C=O) groups excluding carboxylic acids is 1. The molecule has 2 aromatic carbocycles. The summed E-state index contributed by atoms with van der Waals surface area (Å²) in [6.07, 6.45) is -4.52. The molecule has 6 heteroatoms. The zero-order chi connectivity index (χ0) is 14.6. The minimum Gasteiger partial charge on any atom is -0.308 e. The highest BCUT2D eigenvalue weighted by Gasteiger charge is 2.33. The Morgan fingerprint density at radius 3 is 2.10 bits per heavy atom. The first-order valence-electron chi connectivity index (χ1n) is 5.76. The van der Waals surface area contributed by atoms with Gasteiger partial charge in [-0.3, -0.25) is 0 Å². The third-order valence-corrected chi connectivity index (χ3v) is 2.51. The summed E-state index contributed by atoms with van der Waals surface area (Å²) in [6, 6.07) is 12.5. The summed E-state index contributed by atoms with van der Waals surface area (Å²) in [5, 5.41) is 4.65. The van der Waals surface area contributed by atoms with Crippen LogP contribution in [0.25, 0.3) is 0 Å². The van der Waals surface area contributed by atoms with E-state index in [2.05, 4.69) is 10.6 Å². The van der Waals surface area contributed by atoms with Crippen LogP contribution in [0.1, 0.15) is 5.56 Å². The third-order valence-electron chi connectivity index (χ3n) is 2.51. The van der Waals surface area contributed by atoms with E-state index in [1.807, 2.05) is 0 Å². The predicted molar refractivity (Wildman–Crippen MR) is 70.5 cm³/mol. The van der Waals surface area contributed by atoms with Gasteiger partial charge >= 0.3 is 12.2 Å². The Hall–Kier alpha value is -2.50. The van der Waals surface area contributed by atoms with Crippen LogP contribution in [0.15, 0.2) is 54.6 Å². The monoisotopic (exact) mass is 280 g/mol. The van der Waals surface area contributed by atoms with Gasteiger partial charge in [-0.25, -0.2) is 4.79 Å². The van der Waals surface area contributed by atoms with E-state index in [0.29, 0.717) is 5.69 Å². The van der Waals surface area contributed by atoms with E-state index >= 15 is 0 Å². The van der Waals surface area contributed by atoms with Crippen LogP contribution in [0.3, 0.4) is 0 Å². The second-order valence-electron chi connectivity index (χ2n) is 3.99. The van der Waals surface area contributed by atoms with Gasteiger partial charge in [-0.05, 0) is 24.3 Å². The van der Waals surface area contributed by atoms with E-state index in [1.165, 1.54) is 18.2 Å². The van der Waals surface area contributed by atoms with Crippen molar-refractivity contribution >= 4 is 17.4 Å². The quantitative estimate of drug-likeness (QED) is 0.843. The van der Waals surface area contributed by atoms with Gasteiger partial charge in [0.2, 0.25) is 0 Å². The smallest absolute Gasteiger partial charge is 0.308 e. The molecule has 0 aliphatic heterocycles. The first-order valence-corrected chi connectivity index (χ1v) is 5.76. The molecule has 2 rings (SSSR count). The number of amides is 2. The summed E-state index contributed by atoms with van der Waals surface area (Å²) >= 11 is 0. The Bertz CT molecular complexity index is 597. The largest absolute Gasteiger partial charge is 0.418 e. The third kappa shape index (κ3) is 3.50. The average Bonchev–Trinajstić information content (AvgIpc) is 2.39. The van der Waals surface area contributed by atoms with Crippen molar-refractivity contribution in [3.8, 4) is 0 Å². The van der Waals surface area contributed by atoms with Crippen molar-refractivity contribution < 1.29 is 18.0 Å². The highest BCUT2D eigenvalue weighted by Crippen LogP contribution is 2.34. The summed E-state index contributed by atoms with van der Waals surface area (Å²) in [5.74, 6) is 0. The summed E-state index contributed by atoms with van der Waals surface area (Å²) in [5.41, 5.74) is -0.675. The number of hydrogen-bond acceptors (Lipinski definition) is 1. The Labute approximate surface area is 113 Å². The molecule has 0 atom stereocenters. The number of urea groups is 1.